The average molecular weight is 450 g/mol. The summed E-state index contributed by atoms with van der Waals surface area (Å²) in [7, 11) is 0. The van der Waals surface area contributed by atoms with Gasteiger partial charge < -0.3 is 10.1 Å². The van der Waals surface area contributed by atoms with Gasteiger partial charge in [-0.15, -0.1) is 0 Å². The second kappa shape index (κ2) is 8.48. The van der Waals surface area contributed by atoms with Crippen LogP contribution in [0.2, 0.25) is 0 Å². The number of hydrogen-bond acceptors (Lipinski definition) is 2. The SMILES string of the molecule is O=C(Nc1ccccc1C(F)(F)F)c1cc(Br)ccc1OCc1ccccc1. The number of nitrogens with one attached hydrogen (secondary N) is 1. The van der Waals surface area contributed by atoms with Gasteiger partial charge in [0.1, 0.15) is 12.4 Å². The van der Waals surface area contributed by atoms with Gasteiger partial charge in [-0.05, 0) is 35.9 Å². The van der Waals surface area contributed by atoms with Crippen molar-refractivity contribution in [3.05, 3.63) is 94.0 Å². The van der Waals surface area contributed by atoms with E-state index in [-0.39, 0.29) is 23.6 Å². The lowest BCUT2D eigenvalue weighted by atomic mass is 10.1. The number of alkyl halides is 3. The molecule has 0 atom stereocenters. The molecule has 0 aliphatic rings. The molecule has 0 heterocycles. The topological polar surface area (TPSA) is 38.3 Å². The molecule has 3 aromatic rings. The number of amides is 1. The van der Waals surface area contributed by atoms with Crippen molar-refractivity contribution in [1.29, 1.82) is 0 Å². The molecule has 28 heavy (non-hydrogen) atoms. The number of anilines is 1. The van der Waals surface area contributed by atoms with E-state index in [2.05, 4.69) is 21.2 Å². The summed E-state index contributed by atoms with van der Waals surface area (Å²) in [5, 5.41) is 2.34. The van der Waals surface area contributed by atoms with Crippen LogP contribution in [0.4, 0.5) is 18.9 Å². The number of para-hydroxylation sites is 1. The molecule has 0 spiro atoms. The molecule has 0 fully saturated rings. The zero-order valence-corrected chi connectivity index (χ0v) is 16.0. The predicted molar refractivity (Wildman–Crippen MR) is 104 cm³/mol. The van der Waals surface area contributed by atoms with Crippen molar-refractivity contribution in [2.45, 2.75) is 12.8 Å². The first-order valence-electron chi connectivity index (χ1n) is 8.28. The van der Waals surface area contributed by atoms with Crippen LogP contribution in [0.25, 0.3) is 0 Å². The van der Waals surface area contributed by atoms with Gasteiger partial charge in [0.25, 0.3) is 5.91 Å². The molecule has 144 valence electrons. The minimum atomic E-state index is -4.58. The van der Waals surface area contributed by atoms with E-state index in [1.54, 1.807) is 12.1 Å². The van der Waals surface area contributed by atoms with E-state index in [0.29, 0.717) is 4.47 Å². The Morgan fingerprint density at radius 1 is 0.964 bits per heavy atom. The van der Waals surface area contributed by atoms with Crippen LogP contribution in [0, 0.1) is 0 Å². The fraction of sp³-hybridized carbons (Fsp3) is 0.0952. The number of benzene rings is 3. The first-order valence-corrected chi connectivity index (χ1v) is 9.08. The fourth-order valence-electron chi connectivity index (χ4n) is 2.57. The Balaban J connectivity index is 1.85. The van der Waals surface area contributed by atoms with Gasteiger partial charge in [-0.25, -0.2) is 0 Å². The Morgan fingerprint density at radius 2 is 1.64 bits per heavy atom. The second-order valence-corrected chi connectivity index (χ2v) is 6.83. The quantitative estimate of drug-likeness (QED) is 0.496. The summed E-state index contributed by atoms with van der Waals surface area (Å²) < 4.78 is 45.8. The van der Waals surface area contributed by atoms with Gasteiger partial charge in [-0.1, -0.05) is 58.4 Å². The monoisotopic (exact) mass is 449 g/mol. The average Bonchev–Trinajstić information content (AvgIpc) is 2.67. The van der Waals surface area contributed by atoms with Gasteiger partial charge in [0.05, 0.1) is 16.8 Å². The number of carbonyl (C=O) groups is 1. The van der Waals surface area contributed by atoms with Crippen LogP contribution in [0.5, 0.6) is 5.75 Å². The third kappa shape index (κ3) is 4.92. The van der Waals surface area contributed by atoms with Crippen LogP contribution >= 0.6 is 15.9 Å². The van der Waals surface area contributed by atoms with Gasteiger partial charge in [0.2, 0.25) is 0 Å². The van der Waals surface area contributed by atoms with Gasteiger partial charge in [0, 0.05) is 4.47 Å². The van der Waals surface area contributed by atoms with Crippen molar-refractivity contribution < 1.29 is 22.7 Å². The van der Waals surface area contributed by atoms with Crippen LogP contribution in [-0.2, 0) is 12.8 Å². The highest BCUT2D eigenvalue weighted by Gasteiger charge is 2.33. The number of carbonyl (C=O) groups excluding carboxylic acids is 1. The Kier molecular flexibility index (Phi) is 6.04. The Morgan fingerprint density at radius 3 is 2.36 bits per heavy atom. The zero-order valence-electron chi connectivity index (χ0n) is 14.5. The van der Waals surface area contributed by atoms with Crippen molar-refractivity contribution in [3.63, 3.8) is 0 Å². The molecule has 1 N–H and O–H groups in total. The van der Waals surface area contributed by atoms with Crippen molar-refractivity contribution >= 4 is 27.5 Å². The van der Waals surface area contributed by atoms with Gasteiger partial charge in [0.15, 0.2) is 0 Å². The highest BCUT2D eigenvalue weighted by molar-refractivity contribution is 9.10. The number of rotatable bonds is 5. The maximum atomic E-state index is 13.2. The third-order valence-corrected chi connectivity index (χ3v) is 4.40. The smallest absolute Gasteiger partial charge is 0.418 e. The minimum absolute atomic E-state index is 0.127. The molecule has 1 amide bonds. The molecule has 0 aliphatic carbocycles. The Labute approximate surface area is 168 Å². The lowest BCUT2D eigenvalue weighted by Crippen LogP contribution is -2.17. The molecule has 0 aromatic heterocycles. The van der Waals surface area contributed by atoms with E-state index in [1.807, 2.05) is 30.3 Å². The molecule has 0 saturated carbocycles. The third-order valence-electron chi connectivity index (χ3n) is 3.90. The lowest BCUT2D eigenvalue weighted by Gasteiger charge is -2.15. The molecule has 0 bridgehead atoms. The van der Waals surface area contributed by atoms with E-state index < -0.39 is 17.6 Å². The first kappa shape index (κ1) is 19.9. The Bertz CT molecular complexity index is 975. The van der Waals surface area contributed by atoms with Crippen molar-refractivity contribution in [2.75, 3.05) is 5.32 Å². The highest BCUT2D eigenvalue weighted by atomic mass is 79.9. The molecular formula is C21H15BrF3NO2. The maximum Gasteiger partial charge on any atom is 0.418 e. The summed E-state index contributed by atoms with van der Waals surface area (Å²) in [6, 6.07) is 19.0. The molecule has 0 radical (unpaired) electrons. The standard InChI is InChI=1S/C21H15BrF3NO2/c22-15-10-11-19(28-13-14-6-2-1-3-7-14)16(12-15)20(27)26-18-9-5-4-8-17(18)21(23,24)25/h1-12H,13H2,(H,26,27). The van der Waals surface area contributed by atoms with Crippen LogP contribution in [0.15, 0.2) is 77.3 Å². The second-order valence-electron chi connectivity index (χ2n) is 5.91. The van der Waals surface area contributed by atoms with E-state index in [9.17, 15) is 18.0 Å². The van der Waals surface area contributed by atoms with E-state index in [4.69, 9.17) is 4.74 Å². The Hall–Kier alpha value is -2.80. The fourth-order valence-corrected chi connectivity index (χ4v) is 2.93. The zero-order chi connectivity index (χ0) is 20.1. The van der Waals surface area contributed by atoms with Crippen LogP contribution in [0.1, 0.15) is 21.5 Å². The van der Waals surface area contributed by atoms with Gasteiger partial charge in [-0.2, -0.15) is 13.2 Å². The van der Waals surface area contributed by atoms with Crippen LogP contribution in [-0.4, -0.2) is 5.91 Å². The normalized spacial score (nSPS) is 11.1. The molecule has 0 saturated heterocycles. The van der Waals surface area contributed by atoms with E-state index >= 15 is 0 Å². The summed E-state index contributed by atoms with van der Waals surface area (Å²) in [6.45, 7) is 0.224. The first-order chi connectivity index (χ1) is 13.3. The maximum absolute atomic E-state index is 13.2. The molecular weight excluding hydrogens is 435 g/mol. The molecule has 0 aliphatic heterocycles. The summed E-state index contributed by atoms with van der Waals surface area (Å²) in [5.41, 5.74) is -0.194. The minimum Gasteiger partial charge on any atom is -0.488 e. The molecule has 7 heteroatoms. The lowest BCUT2D eigenvalue weighted by molar-refractivity contribution is -0.136. The van der Waals surface area contributed by atoms with E-state index in [0.717, 1.165) is 11.6 Å². The van der Waals surface area contributed by atoms with Crippen LogP contribution < -0.4 is 10.1 Å². The highest BCUT2D eigenvalue weighted by Crippen LogP contribution is 2.35. The number of halogens is 4. The van der Waals surface area contributed by atoms with Crippen molar-refractivity contribution in [3.8, 4) is 5.75 Å². The van der Waals surface area contributed by atoms with Gasteiger partial charge >= 0.3 is 6.18 Å². The summed E-state index contributed by atoms with van der Waals surface area (Å²) in [6.07, 6.45) is -4.58. The van der Waals surface area contributed by atoms with Crippen molar-refractivity contribution in [1.82, 2.24) is 0 Å². The predicted octanol–water partition coefficient (Wildman–Crippen LogP) is 6.30. The summed E-state index contributed by atoms with van der Waals surface area (Å²) in [5.74, 6) is -0.421. The summed E-state index contributed by atoms with van der Waals surface area (Å²) >= 11 is 3.28. The van der Waals surface area contributed by atoms with E-state index in [1.165, 1.54) is 24.3 Å². The molecule has 3 rings (SSSR count). The largest absolute Gasteiger partial charge is 0.488 e. The van der Waals surface area contributed by atoms with Gasteiger partial charge in [-0.3, -0.25) is 4.79 Å². The summed E-state index contributed by atoms with van der Waals surface area (Å²) in [4.78, 5) is 12.7. The molecule has 0 unspecified atom stereocenters. The molecule has 3 nitrogen and oxygen atoms in total. The van der Waals surface area contributed by atoms with Crippen molar-refractivity contribution in [2.24, 2.45) is 0 Å². The number of ether oxygens (including phenoxy) is 1. The molecule has 3 aromatic carbocycles. The van der Waals surface area contributed by atoms with Crippen LogP contribution in [0.3, 0.4) is 0 Å². The number of hydrogen-bond donors (Lipinski definition) is 1.